The Morgan fingerprint density at radius 1 is 1.04 bits per heavy atom. The van der Waals surface area contributed by atoms with E-state index in [-0.39, 0.29) is 24.0 Å². The van der Waals surface area contributed by atoms with Crippen molar-refractivity contribution < 1.29 is 4.74 Å². The lowest BCUT2D eigenvalue weighted by molar-refractivity contribution is 0.173. The van der Waals surface area contributed by atoms with E-state index in [0.717, 1.165) is 44.2 Å². The molecule has 0 aliphatic rings. The van der Waals surface area contributed by atoms with Crippen LogP contribution in [0.3, 0.4) is 0 Å². The quantitative estimate of drug-likeness (QED) is 0.235. The summed E-state index contributed by atoms with van der Waals surface area (Å²) >= 11 is 0. The summed E-state index contributed by atoms with van der Waals surface area (Å²) in [5.41, 5.74) is 1.29. The first-order valence-corrected chi connectivity index (χ1v) is 9.31. The van der Waals surface area contributed by atoms with Crippen LogP contribution in [0.5, 0.6) is 5.75 Å². The molecule has 0 aliphatic carbocycles. The zero-order valence-electron chi connectivity index (χ0n) is 17.2. The van der Waals surface area contributed by atoms with E-state index in [4.69, 9.17) is 4.74 Å². The Balaban J connectivity index is 0.00000625. The third-order valence-corrected chi connectivity index (χ3v) is 4.30. The minimum absolute atomic E-state index is 0. The van der Waals surface area contributed by atoms with E-state index in [0.29, 0.717) is 12.1 Å². The van der Waals surface area contributed by atoms with Crippen LogP contribution in [-0.4, -0.2) is 56.7 Å². The van der Waals surface area contributed by atoms with E-state index in [1.54, 1.807) is 7.11 Å². The summed E-state index contributed by atoms with van der Waals surface area (Å²) in [5.74, 6) is 1.76. The molecule has 1 aromatic rings. The van der Waals surface area contributed by atoms with E-state index in [1.165, 1.54) is 5.56 Å². The molecule has 0 spiro atoms. The Morgan fingerprint density at radius 2 is 1.62 bits per heavy atom. The van der Waals surface area contributed by atoms with Crippen LogP contribution in [0, 0.1) is 0 Å². The van der Waals surface area contributed by atoms with Crippen molar-refractivity contribution in [2.75, 3.05) is 33.8 Å². The number of nitrogens with zero attached hydrogens (tertiary/aromatic N) is 2. The number of hydrogen-bond donors (Lipinski definition) is 2. The second-order valence-corrected chi connectivity index (χ2v) is 6.80. The molecule has 0 amide bonds. The van der Waals surface area contributed by atoms with Crippen molar-refractivity contribution in [1.82, 2.24) is 15.5 Å². The maximum absolute atomic E-state index is 5.18. The predicted molar refractivity (Wildman–Crippen MR) is 123 cm³/mol. The minimum atomic E-state index is 0. The largest absolute Gasteiger partial charge is 0.497 e. The Bertz CT molecular complexity index is 495. The first-order valence-electron chi connectivity index (χ1n) is 9.31. The van der Waals surface area contributed by atoms with E-state index in [9.17, 15) is 0 Å². The Kier molecular flexibility index (Phi) is 13.5. The number of benzene rings is 1. The fourth-order valence-corrected chi connectivity index (χ4v) is 2.92. The molecule has 150 valence electrons. The Labute approximate surface area is 177 Å². The molecule has 1 rings (SSSR count). The molecule has 2 N–H and O–H groups in total. The normalized spacial score (nSPS) is 11.7. The second-order valence-electron chi connectivity index (χ2n) is 6.80. The molecule has 0 aliphatic heterocycles. The average molecular weight is 476 g/mol. The molecule has 6 heteroatoms. The first kappa shape index (κ1) is 25.0. The van der Waals surface area contributed by atoms with Gasteiger partial charge in [0, 0.05) is 38.8 Å². The van der Waals surface area contributed by atoms with E-state index >= 15 is 0 Å². The fourth-order valence-electron chi connectivity index (χ4n) is 2.92. The molecule has 0 heterocycles. The van der Waals surface area contributed by atoms with Crippen LogP contribution in [0.25, 0.3) is 0 Å². The number of halogens is 1. The third-order valence-electron chi connectivity index (χ3n) is 4.30. The monoisotopic (exact) mass is 476 g/mol. The molecular formula is C20H37IN4O. The highest BCUT2D eigenvalue weighted by molar-refractivity contribution is 14.0. The summed E-state index contributed by atoms with van der Waals surface area (Å²) in [7, 11) is 3.50. The smallest absolute Gasteiger partial charge is 0.190 e. The van der Waals surface area contributed by atoms with Crippen LogP contribution in [0.2, 0.25) is 0 Å². The highest BCUT2D eigenvalue weighted by atomic mass is 127. The second kappa shape index (κ2) is 14.1. The van der Waals surface area contributed by atoms with E-state index in [1.807, 2.05) is 19.2 Å². The van der Waals surface area contributed by atoms with Crippen molar-refractivity contribution in [2.24, 2.45) is 4.99 Å². The number of guanidine groups is 1. The van der Waals surface area contributed by atoms with Gasteiger partial charge in [0.05, 0.1) is 7.11 Å². The molecular weight excluding hydrogens is 439 g/mol. The number of nitrogens with one attached hydrogen (secondary N) is 2. The zero-order chi connectivity index (χ0) is 18.7. The number of rotatable bonds is 10. The fraction of sp³-hybridized carbons (Fsp3) is 0.650. The minimum Gasteiger partial charge on any atom is -0.497 e. The molecule has 0 saturated heterocycles. The van der Waals surface area contributed by atoms with Gasteiger partial charge in [0.1, 0.15) is 5.75 Å². The maximum atomic E-state index is 5.18. The third kappa shape index (κ3) is 9.62. The van der Waals surface area contributed by atoms with Crippen molar-refractivity contribution in [3.63, 3.8) is 0 Å². The summed E-state index contributed by atoms with van der Waals surface area (Å²) < 4.78 is 5.18. The van der Waals surface area contributed by atoms with Gasteiger partial charge in [0.25, 0.3) is 0 Å². The molecule has 0 atom stereocenters. The van der Waals surface area contributed by atoms with Crippen LogP contribution < -0.4 is 15.4 Å². The average Bonchev–Trinajstić information content (AvgIpc) is 2.59. The molecule has 0 fully saturated rings. The highest BCUT2D eigenvalue weighted by Crippen LogP contribution is 2.11. The summed E-state index contributed by atoms with van der Waals surface area (Å²) in [6.45, 7) is 11.9. The van der Waals surface area contributed by atoms with Gasteiger partial charge >= 0.3 is 0 Å². The lowest BCUT2D eigenvalue weighted by Crippen LogP contribution is -2.41. The molecule has 5 nitrogen and oxygen atoms in total. The van der Waals surface area contributed by atoms with Crippen LogP contribution in [-0.2, 0) is 6.42 Å². The van der Waals surface area contributed by atoms with E-state index in [2.05, 4.69) is 60.4 Å². The highest BCUT2D eigenvalue weighted by Gasteiger charge is 2.12. The SMILES string of the molecule is CN=C(NCCCN(C(C)C)C(C)C)NCCc1ccc(OC)cc1.I. The van der Waals surface area contributed by atoms with Crippen LogP contribution in [0.15, 0.2) is 29.3 Å². The molecule has 0 radical (unpaired) electrons. The number of methoxy groups -OCH3 is 1. The van der Waals surface area contributed by atoms with Crippen molar-refractivity contribution in [3.8, 4) is 5.75 Å². The number of hydrogen-bond acceptors (Lipinski definition) is 3. The van der Waals surface area contributed by atoms with Gasteiger partial charge in [-0.25, -0.2) is 0 Å². The standard InChI is InChI=1S/C20H36N4O.HI/c1-16(2)24(17(3)4)15-7-13-22-20(21-5)23-14-12-18-8-10-19(25-6)11-9-18;/h8-11,16-17H,7,12-15H2,1-6H3,(H2,21,22,23);1H. The first-order chi connectivity index (χ1) is 12.0. The van der Waals surface area contributed by atoms with Gasteiger partial charge in [0.2, 0.25) is 0 Å². The van der Waals surface area contributed by atoms with Gasteiger partial charge in [-0.15, -0.1) is 24.0 Å². The van der Waals surface area contributed by atoms with Gasteiger partial charge in [-0.1, -0.05) is 12.1 Å². The Morgan fingerprint density at radius 3 is 2.12 bits per heavy atom. The number of ether oxygens (including phenoxy) is 1. The maximum Gasteiger partial charge on any atom is 0.190 e. The zero-order valence-corrected chi connectivity index (χ0v) is 19.5. The predicted octanol–water partition coefficient (Wildman–Crippen LogP) is 3.53. The Hall–Kier alpha value is -1.02. The number of aliphatic imine (C=N–C) groups is 1. The molecule has 0 bridgehead atoms. The van der Waals surface area contributed by atoms with Gasteiger partial charge < -0.3 is 15.4 Å². The van der Waals surface area contributed by atoms with Crippen LogP contribution in [0.4, 0.5) is 0 Å². The molecule has 0 saturated carbocycles. The van der Waals surface area contributed by atoms with Gasteiger partial charge in [-0.05, 0) is 58.2 Å². The van der Waals surface area contributed by atoms with Crippen molar-refractivity contribution >= 4 is 29.9 Å². The topological polar surface area (TPSA) is 48.9 Å². The molecule has 0 aromatic heterocycles. The van der Waals surface area contributed by atoms with Gasteiger partial charge in [0.15, 0.2) is 5.96 Å². The van der Waals surface area contributed by atoms with Gasteiger partial charge in [-0.3, -0.25) is 9.89 Å². The molecule has 26 heavy (non-hydrogen) atoms. The van der Waals surface area contributed by atoms with Crippen LogP contribution >= 0.6 is 24.0 Å². The summed E-state index contributed by atoms with van der Waals surface area (Å²) in [6, 6.07) is 9.37. The lowest BCUT2D eigenvalue weighted by Gasteiger charge is -2.30. The van der Waals surface area contributed by atoms with Crippen molar-refractivity contribution in [1.29, 1.82) is 0 Å². The lowest BCUT2D eigenvalue weighted by atomic mass is 10.1. The van der Waals surface area contributed by atoms with Gasteiger partial charge in [-0.2, -0.15) is 0 Å². The van der Waals surface area contributed by atoms with Crippen molar-refractivity contribution in [2.45, 2.75) is 52.6 Å². The van der Waals surface area contributed by atoms with Crippen LogP contribution in [0.1, 0.15) is 39.7 Å². The molecule has 0 unspecified atom stereocenters. The van der Waals surface area contributed by atoms with Crippen molar-refractivity contribution in [3.05, 3.63) is 29.8 Å². The summed E-state index contributed by atoms with van der Waals surface area (Å²) in [6.07, 6.45) is 2.06. The molecule has 1 aromatic carbocycles. The summed E-state index contributed by atoms with van der Waals surface area (Å²) in [4.78, 5) is 6.81. The van der Waals surface area contributed by atoms with E-state index < -0.39 is 0 Å². The summed E-state index contributed by atoms with van der Waals surface area (Å²) in [5, 5.41) is 6.77.